The molecule has 2 rings (SSSR count). The van der Waals surface area contributed by atoms with Crippen LogP contribution in [-0.4, -0.2) is 11.2 Å². The maximum absolute atomic E-state index is 6.19. The summed E-state index contributed by atoms with van der Waals surface area (Å²) < 4.78 is 6.19. The SMILES string of the molecule is Cc1cccc(C(NN)C2CC(C)(C)OC2(C)C)c1. The second kappa shape index (κ2) is 4.89. The van der Waals surface area contributed by atoms with Crippen molar-refractivity contribution in [2.75, 3.05) is 0 Å². The fourth-order valence-electron chi connectivity index (χ4n) is 3.43. The molecule has 19 heavy (non-hydrogen) atoms. The molecule has 0 aromatic heterocycles. The topological polar surface area (TPSA) is 47.3 Å². The molecule has 3 nitrogen and oxygen atoms in total. The van der Waals surface area contributed by atoms with Crippen molar-refractivity contribution in [2.45, 2.75) is 58.3 Å². The molecular formula is C16H26N2O. The van der Waals surface area contributed by atoms with Crippen LogP contribution in [0.15, 0.2) is 24.3 Å². The summed E-state index contributed by atoms with van der Waals surface area (Å²) in [6, 6.07) is 8.65. The molecule has 1 aromatic rings. The van der Waals surface area contributed by atoms with E-state index in [1.165, 1.54) is 11.1 Å². The van der Waals surface area contributed by atoms with Crippen molar-refractivity contribution in [3.8, 4) is 0 Å². The van der Waals surface area contributed by atoms with Crippen LogP contribution in [-0.2, 0) is 4.74 Å². The third-order valence-corrected chi connectivity index (χ3v) is 4.13. The highest BCUT2D eigenvalue weighted by molar-refractivity contribution is 5.26. The average Bonchev–Trinajstić information content (AvgIpc) is 2.48. The van der Waals surface area contributed by atoms with Gasteiger partial charge < -0.3 is 4.74 Å². The van der Waals surface area contributed by atoms with E-state index in [4.69, 9.17) is 10.6 Å². The van der Waals surface area contributed by atoms with E-state index in [2.05, 4.69) is 64.3 Å². The number of aryl methyl sites for hydroxylation is 1. The van der Waals surface area contributed by atoms with Crippen LogP contribution in [0.4, 0.5) is 0 Å². The van der Waals surface area contributed by atoms with Gasteiger partial charge in [0.2, 0.25) is 0 Å². The van der Waals surface area contributed by atoms with Crippen LogP contribution in [0.1, 0.15) is 51.3 Å². The van der Waals surface area contributed by atoms with Gasteiger partial charge in [-0.2, -0.15) is 0 Å². The third-order valence-electron chi connectivity index (χ3n) is 4.13. The molecule has 3 heteroatoms. The number of ether oxygens (including phenoxy) is 1. The zero-order valence-corrected chi connectivity index (χ0v) is 12.7. The zero-order chi connectivity index (χ0) is 14.3. The Morgan fingerprint density at radius 3 is 2.47 bits per heavy atom. The molecule has 0 bridgehead atoms. The zero-order valence-electron chi connectivity index (χ0n) is 12.7. The molecule has 1 fully saturated rings. The van der Waals surface area contributed by atoms with E-state index in [9.17, 15) is 0 Å². The number of benzene rings is 1. The lowest BCUT2D eigenvalue weighted by Gasteiger charge is -2.33. The van der Waals surface area contributed by atoms with Gasteiger partial charge >= 0.3 is 0 Å². The summed E-state index contributed by atoms with van der Waals surface area (Å²) >= 11 is 0. The van der Waals surface area contributed by atoms with E-state index in [1.807, 2.05) is 0 Å². The minimum Gasteiger partial charge on any atom is -0.369 e. The lowest BCUT2D eigenvalue weighted by molar-refractivity contribution is -0.0779. The summed E-state index contributed by atoms with van der Waals surface area (Å²) in [6.45, 7) is 10.7. The minimum absolute atomic E-state index is 0.0902. The van der Waals surface area contributed by atoms with Crippen molar-refractivity contribution in [3.63, 3.8) is 0 Å². The Labute approximate surface area is 116 Å². The molecule has 3 N–H and O–H groups in total. The summed E-state index contributed by atoms with van der Waals surface area (Å²) in [5, 5.41) is 0. The van der Waals surface area contributed by atoms with Gasteiger partial charge in [-0.15, -0.1) is 0 Å². The minimum atomic E-state index is -0.176. The molecule has 106 valence electrons. The molecular weight excluding hydrogens is 236 g/mol. The molecule has 1 saturated heterocycles. The van der Waals surface area contributed by atoms with Gasteiger partial charge in [-0.3, -0.25) is 11.3 Å². The number of nitrogens with one attached hydrogen (secondary N) is 1. The normalized spacial score (nSPS) is 26.3. The van der Waals surface area contributed by atoms with Gasteiger partial charge in [0.1, 0.15) is 0 Å². The number of nitrogens with two attached hydrogens (primary N) is 1. The van der Waals surface area contributed by atoms with Crippen molar-refractivity contribution >= 4 is 0 Å². The average molecular weight is 262 g/mol. The summed E-state index contributed by atoms with van der Waals surface area (Å²) in [4.78, 5) is 0. The first-order valence-electron chi connectivity index (χ1n) is 6.98. The fourth-order valence-corrected chi connectivity index (χ4v) is 3.43. The number of hydrogen-bond donors (Lipinski definition) is 2. The second-order valence-corrected chi connectivity index (χ2v) is 6.83. The van der Waals surface area contributed by atoms with Gasteiger partial charge in [-0.25, -0.2) is 0 Å². The highest BCUT2D eigenvalue weighted by atomic mass is 16.5. The van der Waals surface area contributed by atoms with Crippen LogP contribution in [0.5, 0.6) is 0 Å². The van der Waals surface area contributed by atoms with Crippen molar-refractivity contribution in [1.82, 2.24) is 5.43 Å². The van der Waals surface area contributed by atoms with Crippen molar-refractivity contribution < 1.29 is 4.74 Å². The van der Waals surface area contributed by atoms with Gasteiger partial charge in [0, 0.05) is 5.92 Å². The monoisotopic (exact) mass is 262 g/mol. The fraction of sp³-hybridized carbons (Fsp3) is 0.625. The molecule has 2 unspecified atom stereocenters. The molecule has 1 heterocycles. The van der Waals surface area contributed by atoms with Gasteiger partial charge in [0.15, 0.2) is 0 Å². The number of hydrogen-bond acceptors (Lipinski definition) is 3. The number of rotatable bonds is 3. The molecule has 0 saturated carbocycles. The van der Waals surface area contributed by atoms with E-state index in [1.54, 1.807) is 0 Å². The van der Waals surface area contributed by atoms with Gasteiger partial charge in [0.05, 0.1) is 17.2 Å². The van der Waals surface area contributed by atoms with Crippen LogP contribution in [0, 0.1) is 12.8 Å². The van der Waals surface area contributed by atoms with E-state index < -0.39 is 0 Å². The Morgan fingerprint density at radius 2 is 2.00 bits per heavy atom. The van der Waals surface area contributed by atoms with Crippen LogP contribution >= 0.6 is 0 Å². The van der Waals surface area contributed by atoms with Crippen LogP contribution in [0.25, 0.3) is 0 Å². The van der Waals surface area contributed by atoms with Crippen molar-refractivity contribution in [1.29, 1.82) is 0 Å². The largest absolute Gasteiger partial charge is 0.369 e. The Kier molecular flexibility index (Phi) is 3.74. The maximum Gasteiger partial charge on any atom is 0.0681 e. The van der Waals surface area contributed by atoms with Gasteiger partial charge in [0.25, 0.3) is 0 Å². The molecule has 0 aliphatic carbocycles. The van der Waals surface area contributed by atoms with E-state index >= 15 is 0 Å². The Balaban J connectivity index is 2.32. The molecule has 0 radical (unpaired) electrons. The predicted molar refractivity (Wildman–Crippen MR) is 78.6 cm³/mol. The number of hydrazine groups is 1. The maximum atomic E-state index is 6.19. The lowest BCUT2D eigenvalue weighted by Crippen LogP contribution is -2.41. The first kappa shape index (κ1) is 14.5. The lowest BCUT2D eigenvalue weighted by atomic mass is 9.79. The molecule has 1 aromatic carbocycles. The summed E-state index contributed by atoms with van der Waals surface area (Å²) in [7, 11) is 0. The highest BCUT2D eigenvalue weighted by Crippen LogP contribution is 2.47. The Hall–Kier alpha value is -0.900. The van der Waals surface area contributed by atoms with Crippen molar-refractivity contribution in [3.05, 3.63) is 35.4 Å². The third kappa shape index (κ3) is 2.99. The molecule has 1 aliphatic heterocycles. The Morgan fingerprint density at radius 1 is 1.32 bits per heavy atom. The summed E-state index contributed by atoms with van der Waals surface area (Å²) in [6.07, 6.45) is 1.00. The van der Waals surface area contributed by atoms with Crippen molar-refractivity contribution in [2.24, 2.45) is 11.8 Å². The molecule has 0 spiro atoms. The second-order valence-electron chi connectivity index (χ2n) is 6.83. The first-order valence-corrected chi connectivity index (χ1v) is 6.98. The van der Waals surface area contributed by atoms with Gasteiger partial charge in [-0.05, 0) is 46.6 Å². The van der Waals surface area contributed by atoms with Crippen LogP contribution in [0.2, 0.25) is 0 Å². The summed E-state index contributed by atoms with van der Waals surface area (Å²) in [5.74, 6) is 6.19. The van der Waals surface area contributed by atoms with Crippen LogP contribution in [0.3, 0.4) is 0 Å². The van der Waals surface area contributed by atoms with E-state index in [0.29, 0.717) is 5.92 Å². The van der Waals surface area contributed by atoms with Gasteiger partial charge in [-0.1, -0.05) is 29.8 Å². The predicted octanol–water partition coefficient (Wildman–Crippen LogP) is 3.09. The standard InChI is InChI=1S/C16H26N2O/c1-11-7-6-8-12(9-11)14(18-17)13-10-15(2,3)19-16(13,4)5/h6-9,13-14,18H,10,17H2,1-5H3. The molecule has 0 amide bonds. The highest BCUT2D eigenvalue weighted by Gasteiger charge is 2.49. The molecule has 1 aliphatic rings. The molecule has 2 atom stereocenters. The summed E-state index contributed by atoms with van der Waals surface area (Å²) in [5.41, 5.74) is 5.23. The Bertz CT molecular complexity index is 454. The van der Waals surface area contributed by atoms with E-state index in [0.717, 1.165) is 6.42 Å². The smallest absolute Gasteiger partial charge is 0.0681 e. The quantitative estimate of drug-likeness (QED) is 0.650. The van der Waals surface area contributed by atoms with Crippen LogP contribution < -0.4 is 11.3 Å². The first-order chi connectivity index (χ1) is 8.75. The van der Waals surface area contributed by atoms with E-state index in [-0.39, 0.29) is 17.2 Å².